The summed E-state index contributed by atoms with van der Waals surface area (Å²) in [5.74, 6) is -0.0715. The molecule has 0 saturated heterocycles. The number of nitrogens with zero attached hydrogens (tertiary/aromatic N) is 3. The lowest BCUT2D eigenvalue weighted by Gasteiger charge is -2.25. The van der Waals surface area contributed by atoms with Crippen molar-refractivity contribution in [3.05, 3.63) is 58.9 Å². The van der Waals surface area contributed by atoms with Gasteiger partial charge in [-0.05, 0) is 37.3 Å². The molecule has 3 rings (SSSR count). The van der Waals surface area contributed by atoms with Crippen LogP contribution in [-0.4, -0.2) is 27.2 Å². The number of aromatic nitrogens is 3. The Morgan fingerprint density at radius 3 is 2.58 bits per heavy atom. The van der Waals surface area contributed by atoms with E-state index >= 15 is 0 Å². The summed E-state index contributed by atoms with van der Waals surface area (Å²) in [6, 6.07) is 12.2. The van der Waals surface area contributed by atoms with Crippen molar-refractivity contribution in [1.82, 2.24) is 20.1 Å². The molecule has 2 aromatic heterocycles. The second-order valence-electron chi connectivity index (χ2n) is 7.73. The molecule has 3 aromatic rings. The van der Waals surface area contributed by atoms with Gasteiger partial charge in [-0.3, -0.25) is 9.48 Å². The first-order valence-electron chi connectivity index (χ1n) is 8.90. The SMILES string of the molecule is Cc1cc(C(=O)NCC(C)(C)Cc2ccccc2)c2c(C)nn(C)c2n1. The number of hydrogen-bond donors (Lipinski definition) is 1. The topological polar surface area (TPSA) is 59.8 Å². The van der Waals surface area contributed by atoms with E-state index in [9.17, 15) is 4.79 Å². The van der Waals surface area contributed by atoms with Gasteiger partial charge in [0.15, 0.2) is 5.65 Å². The molecule has 0 unspecified atom stereocenters. The number of pyridine rings is 1. The van der Waals surface area contributed by atoms with E-state index in [0.717, 1.165) is 28.8 Å². The molecule has 0 aliphatic rings. The smallest absolute Gasteiger partial charge is 0.252 e. The predicted octanol–water partition coefficient (Wildman–Crippen LogP) is 3.58. The summed E-state index contributed by atoms with van der Waals surface area (Å²) in [6.45, 7) is 8.75. The van der Waals surface area contributed by atoms with Crippen molar-refractivity contribution < 1.29 is 4.79 Å². The van der Waals surface area contributed by atoms with Crippen LogP contribution in [0.4, 0.5) is 0 Å². The second kappa shape index (κ2) is 6.90. The van der Waals surface area contributed by atoms with E-state index in [2.05, 4.69) is 41.4 Å². The van der Waals surface area contributed by atoms with Gasteiger partial charge in [-0.15, -0.1) is 0 Å². The number of amides is 1. The first-order chi connectivity index (χ1) is 12.3. The van der Waals surface area contributed by atoms with Crippen LogP contribution >= 0.6 is 0 Å². The average Bonchev–Trinajstić information content (AvgIpc) is 2.86. The summed E-state index contributed by atoms with van der Waals surface area (Å²) >= 11 is 0. The number of benzene rings is 1. The fraction of sp³-hybridized carbons (Fsp3) is 0.381. The van der Waals surface area contributed by atoms with Crippen LogP contribution in [0.25, 0.3) is 11.0 Å². The van der Waals surface area contributed by atoms with Gasteiger partial charge in [0.05, 0.1) is 16.6 Å². The third kappa shape index (κ3) is 3.77. The zero-order valence-corrected chi connectivity index (χ0v) is 16.1. The fourth-order valence-corrected chi connectivity index (χ4v) is 3.37. The van der Waals surface area contributed by atoms with Gasteiger partial charge in [0.25, 0.3) is 5.91 Å². The van der Waals surface area contributed by atoms with E-state index in [4.69, 9.17) is 0 Å². The van der Waals surface area contributed by atoms with E-state index in [-0.39, 0.29) is 11.3 Å². The van der Waals surface area contributed by atoms with Gasteiger partial charge in [-0.1, -0.05) is 44.2 Å². The highest BCUT2D eigenvalue weighted by Crippen LogP contribution is 2.23. The quantitative estimate of drug-likeness (QED) is 0.765. The van der Waals surface area contributed by atoms with Gasteiger partial charge in [0, 0.05) is 19.3 Å². The molecular formula is C21H26N4O. The normalized spacial score (nSPS) is 11.7. The van der Waals surface area contributed by atoms with Gasteiger partial charge in [-0.25, -0.2) is 4.98 Å². The maximum atomic E-state index is 12.9. The maximum Gasteiger partial charge on any atom is 0.252 e. The summed E-state index contributed by atoms with van der Waals surface area (Å²) in [5.41, 5.74) is 4.27. The molecule has 1 aromatic carbocycles. The molecule has 136 valence electrons. The van der Waals surface area contributed by atoms with Crippen molar-refractivity contribution in [1.29, 1.82) is 0 Å². The Kier molecular flexibility index (Phi) is 4.81. The molecule has 5 nitrogen and oxygen atoms in total. The monoisotopic (exact) mass is 350 g/mol. The van der Waals surface area contributed by atoms with E-state index in [1.165, 1.54) is 5.56 Å². The Hall–Kier alpha value is -2.69. The molecule has 1 N–H and O–H groups in total. The fourth-order valence-electron chi connectivity index (χ4n) is 3.37. The van der Waals surface area contributed by atoms with Gasteiger partial charge < -0.3 is 5.32 Å². The summed E-state index contributed by atoms with van der Waals surface area (Å²) in [6.07, 6.45) is 0.908. The van der Waals surface area contributed by atoms with Crippen molar-refractivity contribution in [2.75, 3.05) is 6.54 Å². The van der Waals surface area contributed by atoms with E-state index in [1.807, 2.05) is 45.2 Å². The molecule has 0 aliphatic heterocycles. The van der Waals surface area contributed by atoms with Crippen LogP contribution in [0.2, 0.25) is 0 Å². The molecule has 0 spiro atoms. The molecule has 0 fully saturated rings. The molecular weight excluding hydrogens is 324 g/mol. The third-order valence-electron chi connectivity index (χ3n) is 4.59. The number of rotatable bonds is 5. The molecule has 5 heteroatoms. The maximum absolute atomic E-state index is 12.9. The lowest BCUT2D eigenvalue weighted by molar-refractivity contribution is 0.0938. The number of nitrogens with one attached hydrogen (secondary N) is 1. The number of carbonyl (C=O) groups excluding carboxylic acids is 1. The summed E-state index contributed by atoms with van der Waals surface area (Å²) < 4.78 is 1.73. The van der Waals surface area contributed by atoms with Gasteiger partial charge in [-0.2, -0.15) is 5.10 Å². The number of carbonyl (C=O) groups is 1. The van der Waals surface area contributed by atoms with Crippen molar-refractivity contribution in [3.8, 4) is 0 Å². The summed E-state index contributed by atoms with van der Waals surface area (Å²) in [4.78, 5) is 17.4. The van der Waals surface area contributed by atoms with Crippen molar-refractivity contribution in [2.45, 2.75) is 34.1 Å². The Morgan fingerprint density at radius 2 is 1.88 bits per heavy atom. The minimum Gasteiger partial charge on any atom is -0.351 e. The molecule has 1 amide bonds. The van der Waals surface area contributed by atoms with Crippen LogP contribution < -0.4 is 5.32 Å². The first kappa shape index (κ1) is 18.1. The largest absolute Gasteiger partial charge is 0.351 e. The highest BCUT2D eigenvalue weighted by atomic mass is 16.1. The summed E-state index contributed by atoms with van der Waals surface area (Å²) in [7, 11) is 1.85. The van der Waals surface area contributed by atoms with Crippen LogP contribution in [0.15, 0.2) is 36.4 Å². The Morgan fingerprint density at radius 1 is 1.19 bits per heavy atom. The van der Waals surface area contributed by atoms with Crippen LogP contribution in [0.5, 0.6) is 0 Å². The van der Waals surface area contributed by atoms with Crippen LogP contribution in [0, 0.1) is 19.3 Å². The Balaban J connectivity index is 1.79. The van der Waals surface area contributed by atoms with E-state index < -0.39 is 0 Å². The zero-order valence-electron chi connectivity index (χ0n) is 16.1. The first-order valence-corrected chi connectivity index (χ1v) is 8.90. The van der Waals surface area contributed by atoms with Crippen molar-refractivity contribution in [3.63, 3.8) is 0 Å². The van der Waals surface area contributed by atoms with Gasteiger partial charge >= 0.3 is 0 Å². The molecule has 0 atom stereocenters. The number of aryl methyl sites for hydroxylation is 3. The predicted molar refractivity (Wildman–Crippen MR) is 104 cm³/mol. The number of fused-ring (bicyclic) bond motifs is 1. The highest BCUT2D eigenvalue weighted by Gasteiger charge is 2.22. The average molecular weight is 350 g/mol. The van der Waals surface area contributed by atoms with E-state index in [0.29, 0.717) is 12.1 Å². The molecule has 26 heavy (non-hydrogen) atoms. The van der Waals surface area contributed by atoms with Crippen molar-refractivity contribution >= 4 is 16.9 Å². The van der Waals surface area contributed by atoms with Crippen LogP contribution in [0.3, 0.4) is 0 Å². The lowest BCUT2D eigenvalue weighted by atomic mass is 9.85. The molecule has 0 aliphatic carbocycles. The molecule has 0 bridgehead atoms. The van der Waals surface area contributed by atoms with Gasteiger partial charge in [0.1, 0.15) is 0 Å². The molecule has 0 saturated carbocycles. The zero-order chi connectivity index (χ0) is 18.9. The molecule has 2 heterocycles. The van der Waals surface area contributed by atoms with E-state index in [1.54, 1.807) is 4.68 Å². The lowest BCUT2D eigenvalue weighted by Crippen LogP contribution is -2.35. The summed E-state index contributed by atoms with van der Waals surface area (Å²) in [5, 5.41) is 8.35. The van der Waals surface area contributed by atoms with Gasteiger partial charge in [0.2, 0.25) is 0 Å². The minimum absolute atomic E-state index is 0.0395. The Bertz CT molecular complexity index is 942. The third-order valence-corrected chi connectivity index (χ3v) is 4.59. The van der Waals surface area contributed by atoms with Crippen molar-refractivity contribution in [2.24, 2.45) is 12.5 Å². The standard InChI is InChI=1S/C21H26N4O/c1-14-11-17(18-15(2)24-25(5)19(18)23-14)20(26)22-13-21(3,4)12-16-9-7-6-8-10-16/h6-11H,12-13H2,1-5H3,(H,22,26). The second-order valence-corrected chi connectivity index (χ2v) is 7.73. The van der Waals surface area contributed by atoms with Crippen LogP contribution in [0.1, 0.15) is 41.2 Å². The van der Waals surface area contributed by atoms with Crippen LogP contribution in [-0.2, 0) is 13.5 Å². The minimum atomic E-state index is -0.0715. The number of hydrogen-bond acceptors (Lipinski definition) is 3. The highest BCUT2D eigenvalue weighted by molar-refractivity contribution is 6.06. The Labute approximate surface area is 154 Å². The molecule has 0 radical (unpaired) electrons.